The van der Waals surface area contributed by atoms with Gasteiger partial charge in [-0.1, -0.05) is 12.1 Å². The van der Waals surface area contributed by atoms with E-state index >= 15 is 0 Å². The minimum atomic E-state index is -0.873. The number of halogens is 1. The molecule has 1 aromatic carbocycles. The second-order valence-electron chi connectivity index (χ2n) is 9.52. The van der Waals surface area contributed by atoms with Gasteiger partial charge in [0.2, 0.25) is 5.95 Å². The fourth-order valence-corrected chi connectivity index (χ4v) is 5.70. The van der Waals surface area contributed by atoms with Gasteiger partial charge >= 0.3 is 0 Å². The van der Waals surface area contributed by atoms with Crippen molar-refractivity contribution < 1.29 is 9.50 Å². The van der Waals surface area contributed by atoms with Gasteiger partial charge in [-0.05, 0) is 56.0 Å². The zero-order valence-electron chi connectivity index (χ0n) is 18.3. The summed E-state index contributed by atoms with van der Waals surface area (Å²) in [5.74, 6) is 1.20. The second kappa shape index (κ2) is 8.45. The third-order valence-electron chi connectivity index (χ3n) is 7.48. The zero-order chi connectivity index (χ0) is 21.4. The van der Waals surface area contributed by atoms with Gasteiger partial charge in [0.25, 0.3) is 0 Å². The van der Waals surface area contributed by atoms with Gasteiger partial charge in [-0.25, -0.2) is 14.4 Å². The maximum absolute atomic E-state index is 13.4. The van der Waals surface area contributed by atoms with Crippen molar-refractivity contribution in [2.24, 2.45) is 11.8 Å². The lowest BCUT2D eigenvalue weighted by Crippen LogP contribution is -2.45. The normalized spacial score (nSPS) is 29.8. The Hall–Kier alpha value is -2.09. The van der Waals surface area contributed by atoms with Crippen LogP contribution in [-0.2, 0) is 12.1 Å². The number of piperazine rings is 1. The standard InChI is InChI=1S/C24H32FN5O/c1-28-11-13-30(14-12-28)23-26-10-8-21(27-23)16-29-15-18-3-2-9-24(31,22(18)17-29)19-4-6-20(25)7-5-19/h4-8,10,18,22,31H,2-3,9,11-17H2,1H3/t18-,22+,24-/m0/s1. The van der Waals surface area contributed by atoms with Crippen LogP contribution in [0.3, 0.4) is 0 Å². The molecule has 1 aromatic heterocycles. The van der Waals surface area contributed by atoms with Crippen LogP contribution in [-0.4, -0.2) is 71.2 Å². The van der Waals surface area contributed by atoms with Crippen molar-refractivity contribution >= 4 is 5.95 Å². The molecule has 3 fully saturated rings. The van der Waals surface area contributed by atoms with Gasteiger partial charge in [0, 0.05) is 57.9 Å². The van der Waals surface area contributed by atoms with E-state index in [1.807, 2.05) is 12.3 Å². The van der Waals surface area contributed by atoms with E-state index in [0.717, 1.165) is 82.3 Å². The molecule has 0 spiro atoms. The Kier molecular flexibility index (Phi) is 5.67. The van der Waals surface area contributed by atoms with Gasteiger partial charge in [-0.2, -0.15) is 0 Å². The summed E-state index contributed by atoms with van der Waals surface area (Å²) in [7, 11) is 2.15. The molecule has 6 nitrogen and oxygen atoms in total. The molecule has 166 valence electrons. The highest BCUT2D eigenvalue weighted by Gasteiger charge is 2.49. The first-order valence-corrected chi connectivity index (χ1v) is 11.5. The number of benzene rings is 1. The molecule has 0 radical (unpaired) electrons. The van der Waals surface area contributed by atoms with E-state index in [4.69, 9.17) is 4.98 Å². The molecule has 3 aliphatic rings. The highest BCUT2D eigenvalue weighted by Crippen LogP contribution is 2.48. The predicted molar refractivity (Wildman–Crippen MR) is 118 cm³/mol. The molecule has 3 atom stereocenters. The van der Waals surface area contributed by atoms with Crippen molar-refractivity contribution in [1.29, 1.82) is 0 Å². The highest BCUT2D eigenvalue weighted by molar-refractivity contribution is 5.31. The summed E-state index contributed by atoms with van der Waals surface area (Å²) in [4.78, 5) is 16.4. The number of hydrogen-bond donors (Lipinski definition) is 1. The third kappa shape index (κ3) is 4.19. The van der Waals surface area contributed by atoms with Gasteiger partial charge in [-0.15, -0.1) is 0 Å². The summed E-state index contributed by atoms with van der Waals surface area (Å²) < 4.78 is 13.4. The second-order valence-corrected chi connectivity index (χ2v) is 9.52. The molecule has 0 amide bonds. The van der Waals surface area contributed by atoms with Crippen LogP contribution in [0.4, 0.5) is 10.3 Å². The quantitative estimate of drug-likeness (QED) is 0.812. The number of aromatic nitrogens is 2. The van der Waals surface area contributed by atoms with Gasteiger partial charge in [0.05, 0.1) is 11.3 Å². The Labute approximate surface area is 183 Å². The van der Waals surface area contributed by atoms with Gasteiger partial charge in [0.1, 0.15) is 5.82 Å². The van der Waals surface area contributed by atoms with Gasteiger partial charge in [0.15, 0.2) is 0 Å². The minimum absolute atomic E-state index is 0.172. The van der Waals surface area contributed by atoms with Gasteiger partial charge in [-0.3, -0.25) is 4.90 Å². The fraction of sp³-hybridized carbons (Fsp3) is 0.583. The van der Waals surface area contributed by atoms with Crippen LogP contribution in [0.2, 0.25) is 0 Å². The molecular weight excluding hydrogens is 393 g/mol. The van der Waals surface area contributed by atoms with Crippen LogP contribution in [0, 0.1) is 17.7 Å². The van der Waals surface area contributed by atoms with Crippen LogP contribution >= 0.6 is 0 Å². The first kappa shape index (κ1) is 20.8. The largest absolute Gasteiger partial charge is 0.385 e. The van der Waals surface area contributed by atoms with Crippen LogP contribution in [0.15, 0.2) is 36.5 Å². The van der Waals surface area contributed by atoms with Crippen molar-refractivity contribution in [2.75, 3.05) is 51.2 Å². The van der Waals surface area contributed by atoms with E-state index in [9.17, 15) is 9.50 Å². The topological polar surface area (TPSA) is 55.7 Å². The smallest absolute Gasteiger partial charge is 0.225 e. The van der Waals surface area contributed by atoms with Crippen LogP contribution < -0.4 is 4.90 Å². The molecule has 2 saturated heterocycles. The SMILES string of the molecule is CN1CCN(c2nccc(CN3C[C@@H]4CCC[C@](O)(c5ccc(F)cc5)[C@@H]4C3)n2)CC1. The summed E-state index contributed by atoms with van der Waals surface area (Å²) >= 11 is 0. The van der Waals surface area contributed by atoms with Crippen LogP contribution in [0.25, 0.3) is 0 Å². The molecule has 0 unspecified atom stereocenters. The molecule has 1 saturated carbocycles. The third-order valence-corrected chi connectivity index (χ3v) is 7.48. The Morgan fingerprint density at radius 1 is 1.10 bits per heavy atom. The molecule has 3 heterocycles. The first-order valence-electron chi connectivity index (χ1n) is 11.5. The van der Waals surface area contributed by atoms with E-state index in [-0.39, 0.29) is 11.7 Å². The molecule has 31 heavy (non-hydrogen) atoms. The Morgan fingerprint density at radius 2 is 1.87 bits per heavy atom. The number of likely N-dealkylation sites (N-methyl/N-ethyl adjacent to an activating group) is 1. The number of likely N-dealkylation sites (tertiary alicyclic amines) is 1. The number of rotatable bonds is 4. The van der Waals surface area contributed by atoms with Gasteiger partial charge < -0.3 is 14.9 Å². The Bertz CT molecular complexity index is 901. The number of hydrogen-bond acceptors (Lipinski definition) is 6. The molecule has 1 N–H and O–H groups in total. The van der Waals surface area contributed by atoms with E-state index in [1.54, 1.807) is 12.1 Å². The van der Waals surface area contributed by atoms with Crippen LogP contribution in [0.5, 0.6) is 0 Å². The van der Waals surface area contributed by atoms with E-state index in [2.05, 4.69) is 26.7 Å². The number of nitrogens with zero attached hydrogens (tertiary/aromatic N) is 5. The lowest BCUT2D eigenvalue weighted by Gasteiger charge is -2.41. The zero-order valence-corrected chi connectivity index (χ0v) is 18.3. The molecule has 2 aliphatic heterocycles. The average molecular weight is 426 g/mol. The highest BCUT2D eigenvalue weighted by atomic mass is 19.1. The number of aliphatic hydroxyl groups is 1. The van der Waals surface area contributed by atoms with Crippen molar-refractivity contribution in [2.45, 2.75) is 31.4 Å². The number of fused-ring (bicyclic) bond motifs is 1. The van der Waals surface area contributed by atoms with E-state index in [1.165, 1.54) is 12.1 Å². The van der Waals surface area contributed by atoms with Crippen molar-refractivity contribution in [3.63, 3.8) is 0 Å². The van der Waals surface area contributed by atoms with Crippen LogP contribution in [0.1, 0.15) is 30.5 Å². The van der Waals surface area contributed by atoms with Crippen molar-refractivity contribution in [1.82, 2.24) is 19.8 Å². The summed E-state index contributed by atoms with van der Waals surface area (Å²) in [6, 6.07) is 8.45. The summed E-state index contributed by atoms with van der Waals surface area (Å²) in [5, 5.41) is 11.6. The fourth-order valence-electron chi connectivity index (χ4n) is 5.70. The summed E-state index contributed by atoms with van der Waals surface area (Å²) in [5.41, 5.74) is 1.01. The maximum atomic E-state index is 13.4. The minimum Gasteiger partial charge on any atom is -0.385 e. The van der Waals surface area contributed by atoms with E-state index in [0.29, 0.717) is 5.92 Å². The Balaban J connectivity index is 1.29. The molecule has 0 bridgehead atoms. The number of anilines is 1. The summed E-state index contributed by atoms with van der Waals surface area (Å²) in [6.45, 7) is 6.57. The van der Waals surface area contributed by atoms with Crippen molar-refractivity contribution in [3.05, 3.63) is 53.6 Å². The van der Waals surface area contributed by atoms with Crippen molar-refractivity contribution in [3.8, 4) is 0 Å². The van der Waals surface area contributed by atoms with E-state index < -0.39 is 5.60 Å². The monoisotopic (exact) mass is 425 g/mol. The predicted octanol–water partition coefficient (Wildman–Crippen LogP) is 2.49. The Morgan fingerprint density at radius 3 is 2.65 bits per heavy atom. The maximum Gasteiger partial charge on any atom is 0.225 e. The first-order chi connectivity index (χ1) is 15.0. The lowest BCUT2D eigenvalue weighted by molar-refractivity contribution is -0.0649. The molecule has 1 aliphatic carbocycles. The molecule has 5 rings (SSSR count). The molecule has 2 aromatic rings. The lowest BCUT2D eigenvalue weighted by atomic mass is 9.67. The summed E-state index contributed by atoms with van der Waals surface area (Å²) in [6.07, 6.45) is 4.76. The molecular formula is C24H32FN5O. The molecule has 7 heteroatoms. The average Bonchev–Trinajstić information content (AvgIpc) is 3.19.